The third-order valence-electron chi connectivity index (χ3n) is 5.48. The minimum absolute atomic E-state index is 0.0312. The molecule has 0 saturated carbocycles. The van der Waals surface area contributed by atoms with Gasteiger partial charge >= 0.3 is 5.97 Å². The largest absolute Gasteiger partial charge is 0.466 e. The van der Waals surface area contributed by atoms with E-state index in [1.165, 1.54) is 16.9 Å². The van der Waals surface area contributed by atoms with Gasteiger partial charge in [-0.2, -0.15) is 15.0 Å². The number of hydrogen-bond donors (Lipinski definition) is 1. The van der Waals surface area contributed by atoms with Crippen molar-refractivity contribution in [3.8, 4) is 11.1 Å². The van der Waals surface area contributed by atoms with Crippen LogP contribution in [-0.2, 0) is 22.5 Å². The van der Waals surface area contributed by atoms with Gasteiger partial charge in [0, 0.05) is 10.6 Å². The van der Waals surface area contributed by atoms with Crippen LogP contribution in [0.5, 0.6) is 0 Å². The topological polar surface area (TPSA) is 77.2 Å². The van der Waals surface area contributed by atoms with E-state index in [1.807, 2.05) is 24.3 Å². The molecule has 0 aliphatic carbocycles. The first-order valence-electron chi connectivity index (χ1n) is 11.1. The van der Waals surface area contributed by atoms with Crippen molar-refractivity contribution in [3.63, 3.8) is 0 Å². The lowest BCUT2D eigenvalue weighted by molar-refractivity contribution is -0.149. The fourth-order valence-corrected chi connectivity index (χ4v) is 4.23. The second-order valence-electron chi connectivity index (χ2n) is 8.24. The van der Waals surface area contributed by atoms with Crippen LogP contribution < -0.4 is 0 Å². The fourth-order valence-electron chi connectivity index (χ4n) is 4.06. The zero-order valence-corrected chi connectivity index (χ0v) is 19.6. The Morgan fingerprint density at radius 2 is 1.91 bits per heavy atom. The number of ether oxygens (including phenoxy) is 1. The van der Waals surface area contributed by atoms with E-state index in [2.05, 4.69) is 10.2 Å². The van der Waals surface area contributed by atoms with Gasteiger partial charge in [0.1, 0.15) is 5.82 Å². The number of rotatable bonds is 11. The summed E-state index contributed by atoms with van der Waals surface area (Å²) in [5, 5.41) is 18.8. The van der Waals surface area contributed by atoms with Crippen LogP contribution in [0.2, 0.25) is 18.2 Å². The monoisotopic (exact) mass is 471 g/mol. The molecule has 0 aliphatic rings. The van der Waals surface area contributed by atoms with E-state index in [9.17, 15) is 14.2 Å². The van der Waals surface area contributed by atoms with Gasteiger partial charge in [0.15, 0.2) is 0 Å². The van der Waals surface area contributed by atoms with Crippen molar-refractivity contribution in [2.24, 2.45) is 11.8 Å². The third kappa shape index (κ3) is 7.40. The van der Waals surface area contributed by atoms with Crippen molar-refractivity contribution in [2.75, 3.05) is 6.61 Å². The van der Waals surface area contributed by atoms with Crippen molar-refractivity contribution in [3.05, 3.63) is 71.3 Å². The Hall–Kier alpha value is -2.71. The lowest BCUT2D eigenvalue weighted by Gasteiger charge is -2.23. The molecule has 2 atom stereocenters. The number of halogens is 2. The summed E-state index contributed by atoms with van der Waals surface area (Å²) in [6.45, 7) is 3.62. The highest BCUT2D eigenvalue weighted by atomic mass is 35.5. The van der Waals surface area contributed by atoms with E-state index < -0.39 is 12.8 Å². The molecule has 0 saturated heterocycles. The summed E-state index contributed by atoms with van der Waals surface area (Å²) in [6.07, 6.45) is 4.86. The molecule has 9 heteroatoms. The molecular weight excluding hydrogens is 444 g/mol. The fraction of sp³-hybridized carbons (Fsp3) is 0.375. The highest BCUT2D eigenvalue weighted by molar-refractivity contribution is 6.48. The van der Waals surface area contributed by atoms with Crippen LogP contribution in [-0.4, -0.2) is 39.5 Å². The zero-order valence-electron chi connectivity index (χ0n) is 18.8. The number of aromatic nitrogens is 3. The van der Waals surface area contributed by atoms with Crippen LogP contribution in [0.4, 0.5) is 4.39 Å². The van der Waals surface area contributed by atoms with Crippen LogP contribution >= 0.6 is 11.6 Å². The molecule has 0 unspecified atom stereocenters. The number of nitrogens with zero attached hydrogens (tertiary/aromatic N) is 3. The Morgan fingerprint density at radius 1 is 1.21 bits per heavy atom. The lowest BCUT2D eigenvalue weighted by atomic mass is 9.62. The summed E-state index contributed by atoms with van der Waals surface area (Å²) in [4.78, 5) is 14.1. The minimum atomic E-state index is -0.513. The Balaban J connectivity index is 1.76. The predicted molar refractivity (Wildman–Crippen MR) is 127 cm³/mol. The maximum absolute atomic E-state index is 14.2. The summed E-state index contributed by atoms with van der Waals surface area (Å²) >= 11 is 6.02. The molecule has 174 valence electrons. The Bertz CT molecular complexity index is 1030. The van der Waals surface area contributed by atoms with Crippen LogP contribution in [0.1, 0.15) is 18.9 Å². The molecule has 2 aromatic carbocycles. The Morgan fingerprint density at radius 3 is 2.55 bits per heavy atom. The first-order chi connectivity index (χ1) is 15.9. The van der Waals surface area contributed by atoms with Gasteiger partial charge < -0.3 is 9.76 Å². The number of carbonyl (C=O) groups excluding carboxylic acids is 1. The van der Waals surface area contributed by atoms with Crippen LogP contribution in [0, 0.1) is 17.7 Å². The molecule has 1 N–H and O–H groups in total. The van der Waals surface area contributed by atoms with Gasteiger partial charge in [-0.05, 0) is 61.3 Å². The molecule has 1 heterocycles. The first-order valence-corrected chi connectivity index (χ1v) is 11.5. The molecule has 0 bridgehead atoms. The third-order valence-corrected chi connectivity index (χ3v) is 5.72. The molecule has 0 fully saturated rings. The molecule has 3 rings (SSSR count). The Kier molecular flexibility index (Phi) is 9.03. The van der Waals surface area contributed by atoms with Gasteiger partial charge in [-0.25, -0.2) is 4.39 Å². The molecule has 3 aromatic rings. The van der Waals surface area contributed by atoms with Crippen molar-refractivity contribution >= 4 is 24.5 Å². The molecule has 0 spiro atoms. The molecule has 0 amide bonds. The van der Waals surface area contributed by atoms with E-state index in [4.69, 9.17) is 16.3 Å². The summed E-state index contributed by atoms with van der Waals surface area (Å²) in [7, 11) is 0. The minimum Gasteiger partial charge on any atom is -0.466 e. The quantitative estimate of drug-likeness (QED) is 0.322. The summed E-state index contributed by atoms with van der Waals surface area (Å²) in [6, 6.07) is 12.1. The van der Waals surface area contributed by atoms with E-state index in [1.54, 1.807) is 32.2 Å². The molecule has 0 aliphatic heterocycles. The highest BCUT2D eigenvalue weighted by Gasteiger charge is 2.27. The van der Waals surface area contributed by atoms with Gasteiger partial charge in [0.25, 0.3) is 6.92 Å². The smallest absolute Gasteiger partial charge is 0.310 e. The summed E-state index contributed by atoms with van der Waals surface area (Å²) < 4.78 is 19.5. The normalized spacial score (nSPS) is 12.9. The molecule has 6 nitrogen and oxygen atoms in total. The number of benzene rings is 2. The molecular formula is C24H28BClFN3O3. The molecule has 33 heavy (non-hydrogen) atoms. The van der Waals surface area contributed by atoms with E-state index >= 15 is 0 Å². The average molecular weight is 472 g/mol. The summed E-state index contributed by atoms with van der Waals surface area (Å²) in [5.74, 6) is -1.02. The maximum Gasteiger partial charge on any atom is 0.310 e. The maximum atomic E-state index is 14.2. The lowest BCUT2D eigenvalue weighted by Crippen LogP contribution is -2.28. The summed E-state index contributed by atoms with van der Waals surface area (Å²) in [5.41, 5.74) is 2.22. The molecule has 1 aromatic heterocycles. The second kappa shape index (κ2) is 12.0. The standard InChI is InChI=1S/C24H28BClFN3O3/c1-3-33-24(31)20(16-30-28-10-11-29-30)13-18(15-25(2)32)12-17-4-6-19(7-5-17)22-14-21(26)8-9-23(22)27/h4-11,14,18,20,32H,3,12-13,15-16H2,1-2H3/t18-,20+/m1/s1. The van der Waals surface area contributed by atoms with Crippen molar-refractivity contribution in [1.29, 1.82) is 0 Å². The van der Waals surface area contributed by atoms with Crippen molar-refractivity contribution in [1.82, 2.24) is 15.0 Å². The van der Waals surface area contributed by atoms with Crippen LogP contribution in [0.3, 0.4) is 0 Å². The number of esters is 1. The van der Waals surface area contributed by atoms with E-state index in [0.29, 0.717) is 42.9 Å². The highest BCUT2D eigenvalue weighted by Crippen LogP contribution is 2.28. The van der Waals surface area contributed by atoms with Gasteiger partial charge in [-0.15, -0.1) is 0 Å². The number of carbonyl (C=O) groups is 1. The SMILES string of the molecule is CCOC(=O)[C@@H](C[C@H](CB(C)O)Cc1ccc(-c2cc(Cl)ccc2F)cc1)Cn1nccn1. The second-order valence-corrected chi connectivity index (χ2v) is 8.68. The Labute approximate surface area is 198 Å². The predicted octanol–water partition coefficient (Wildman–Crippen LogP) is 4.78. The van der Waals surface area contributed by atoms with E-state index in [0.717, 1.165) is 11.1 Å². The number of hydrogen-bond acceptors (Lipinski definition) is 5. The van der Waals surface area contributed by atoms with Gasteiger partial charge in [-0.3, -0.25) is 4.79 Å². The first kappa shape index (κ1) is 24.9. The van der Waals surface area contributed by atoms with E-state index in [-0.39, 0.29) is 17.7 Å². The van der Waals surface area contributed by atoms with Crippen molar-refractivity contribution < 1.29 is 18.9 Å². The average Bonchev–Trinajstić information content (AvgIpc) is 3.28. The van der Waals surface area contributed by atoms with Crippen molar-refractivity contribution in [2.45, 2.75) is 39.5 Å². The van der Waals surface area contributed by atoms with Gasteiger partial charge in [0.2, 0.25) is 0 Å². The van der Waals surface area contributed by atoms with Crippen LogP contribution in [0.15, 0.2) is 54.9 Å². The van der Waals surface area contributed by atoms with Crippen LogP contribution in [0.25, 0.3) is 11.1 Å². The zero-order chi connectivity index (χ0) is 23.8. The van der Waals surface area contributed by atoms with Gasteiger partial charge in [0.05, 0.1) is 31.5 Å². The molecule has 0 radical (unpaired) electrons. The van der Waals surface area contributed by atoms with Gasteiger partial charge in [-0.1, -0.05) is 42.7 Å².